The summed E-state index contributed by atoms with van der Waals surface area (Å²) in [6.45, 7) is 6.06. The van der Waals surface area contributed by atoms with Crippen LogP contribution in [0.2, 0.25) is 0 Å². The van der Waals surface area contributed by atoms with Crippen LogP contribution in [0.4, 0.5) is 4.39 Å². The number of carboxylic acids is 1. The Morgan fingerprint density at radius 1 is 1.12 bits per heavy atom. The van der Waals surface area contributed by atoms with Gasteiger partial charge in [-0.1, -0.05) is 39.0 Å². The number of nitrogens with zero attached hydrogens (tertiary/aromatic N) is 1. The predicted octanol–water partition coefficient (Wildman–Crippen LogP) is 4.23. The number of rotatable bonds is 7. The van der Waals surface area contributed by atoms with Gasteiger partial charge in [-0.2, -0.15) is 0 Å². The molecule has 0 saturated heterocycles. The minimum absolute atomic E-state index is 0.0415. The first-order chi connectivity index (χ1) is 15.5. The summed E-state index contributed by atoms with van der Waals surface area (Å²) in [5.74, 6) is -1.40. The van der Waals surface area contributed by atoms with Crippen molar-refractivity contribution in [2.24, 2.45) is 0 Å². The highest BCUT2D eigenvalue weighted by molar-refractivity contribution is 5.92. The van der Waals surface area contributed by atoms with E-state index in [1.807, 2.05) is 26.8 Å². The molecule has 1 aliphatic rings. The first-order valence-electron chi connectivity index (χ1n) is 11.0. The Morgan fingerprint density at radius 3 is 2.45 bits per heavy atom. The number of fused-ring (bicyclic) bond motifs is 1. The molecule has 6 nitrogen and oxygen atoms in total. The maximum atomic E-state index is 14.7. The molecule has 1 heterocycles. The van der Waals surface area contributed by atoms with E-state index >= 15 is 0 Å². The molecule has 0 aromatic heterocycles. The third-order valence-corrected chi connectivity index (χ3v) is 5.98. The highest BCUT2D eigenvalue weighted by Gasteiger charge is 2.36. The highest BCUT2D eigenvalue weighted by Crippen LogP contribution is 2.34. The molecule has 3 rings (SSSR count). The van der Waals surface area contributed by atoms with E-state index in [2.05, 4.69) is 0 Å². The van der Waals surface area contributed by atoms with Gasteiger partial charge < -0.3 is 14.7 Å². The van der Waals surface area contributed by atoms with Crippen molar-refractivity contribution >= 4 is 17.7 Å². The molecule has 7 heteroatoms. The summed E-state index contributed by atoms with van der Waals surface area (Å²) in [7, 11) is 1.56. The number of amides is 1. The van der Waals surface area contributed by atoms with Crippen LogP contribution in [0.1, 0.15) is 61.9 Å². The van der Waals surface area contributed by atoms with Gasteiger partial charge in [0.1, 0.15) is 17.6 Å². The molecule has 33 heavy (non-hydrogen) atoms. The first kappa shape index (κ1) is 24.4. The Kier molecular flexibility index (Phi) is 7.20. The smallest absolute Gasteiger partial charge is 0.303 e. The van der Waals surface area contributed by atoms with E-state index in [0.717, 1.165) is 5.56 Å². The van der Waals surface area contributed by atoms with E-state index in [4.69, 9.17) is 9.84 Å². The Labute approximate surface area is 193 Å². The summed E-state index contributed by atoms with van der Waals surface area (Å²) in [5, 5.41) is 8.96. The van der Waals surface area contributed by atoms with Crippen LogP contribution < -0.4 is 4.74 Å². The zero-order valence-corrected chi connectivity index (χ0v) is 19.5. The second kappa shape index (κ2) is 9.73. The van der Waals surface area contributed by atoms with Crippen molar-refractivity contribution in [2.45, 2.75) is 57.9 Å². The van der Waals surface area contributed by atoms with Crippen molar-refractivity contribution in [1.29, 1.82) is 0 Å². The molecule has 176 valence electrons. The number of ketones is 1. The zero-order chi connectivity index (χ0) is 24.3. The number of carbonyl (C=O) groups is 3. The molecule has 1 aliphatic heterocycles. The van der Waals surface area contributed by atoms with Gasteiger partial charge in [0.05, 0.1) is 13.5 Å². The van der Waals surface area contributed by atoms with Gasteiger partial charge >= 0.3 is 5.97 Å². The standard InChI is InChI=1S/C26H30FNO5/c1-26(2,3)20-8-5-16(13-21(20)27)14-22(29)25-19-7-6-18(33-4)15-17(19)11-12-28(25)23(30)9-10-24(31)32/h5-8,13,15,25H,9-12,14H2,1-4H3,(H,31,32)/t25-/m1/s1. The number of Topliss-reactive ketones (excluding diaryl/α,β-unsaturated/α-hetero) is 1. The van der Waals surface area contributed by atoms with Gasteiger partial charge in [-0.15, -0.1) is 0 Å². The third-order valence-electron chi connectivity index (χ3n) is 5.98. The van der Waals surface area contributed by atoms with Gasteiger partial charge in [-0.25, -0.2) is 4.39 Å². The van der Waals surface area contributed by atoms with Gasteiger partial charge in [-0.3, -0.25) is 14.4 Å². The van der Waals surface area contributed by atoms with Crippen molar-refractivity contribution in [1.82, 2.24) is 4.90 Å². The second-order valence-corrected chi connectivity index (χ2v) is 9.41. The summed E-state index contributed by atoms with van der Waals surface area (Å²) >= 11 is 0. The largest absolute Gasteiger partial charge is 0.497 e. The molecule has 0 fully saturated rings. The monoisotopic (exact) mass is 455 g/mol. The number of aliphatic carboxylic acids is 1. The number of methoxy groups -OCH3 is 1. The summed E-state index contributed by atoms with van der Waals surface area (Å²) in [6, 6.07) is 9.34. The molecule has 0 radical (unpaired) electrons. The lowest BCUT2D eigenvalue weighted by molar-refractivity contribution is -0.144. The van der Waals surface area contributed by atoms with Gasteiger partial charge in [0.2, 0.25) is 5.91 Å². The molecule has 0 bridgehead atoms. The van der Waals surface area contributed by atoms with Crippen LogP contribution in [0.3, 0.4) is 0 Å². The van der Waals surface area contributed by atoms with Crippen LogP contribution in [-0.4, -0.2) is 41.3 Å². The molecule has 2 aromatic rings. The van der Waals surface area contributed by atoms with Gasteiger partial charge in [0.25, 0.3) is 0 Å². The quantitative estimate of drug-likeness (QED) is 0.675. The average molecular weight is 456 g/mol. The Hall–Kier alpha value is -3.22. The van der Waals surface area contributed by atoms with Crippen LogP contribution in [0.25, 0.3) is 0 Å². The lowest BCUT2D eigenvalue weighted by atomic mass is 9.85. The minimum atomic E-state index is -1.07. The Morgan fingerprint density at radius 2 is 1.85 bits per heavy atom. The van der Waals surface area contributed by atoms with Crippen molar-refractivity contribution in [3.63, 3.8) is 0 Å². The summed E-state index contributed by atoms with van der Waals surface area (Å²) in [4.78, 5) is 38.7. The van der Waals surface area contributed by atoms with Crippen molar-refractivity contribution in [3.8, 4) is 5.75 Å². The van der Waals surface area contributed by atoms with E-state index in [1.165, 1.54) is 11.0 Å². The highest BCUT2D eigenvalue weighted by atomic mass is 19.1. The number of halogens is 1. The number of carbonyl (C=O) groups excluding carboxylic acids is 2. The number of hydrogen-bond acceptors (Lipinski definition) is 4. The molecule has 0 unspecified atom stereocenters. The molecule has 0 saturated carbocycles. The summed E-state index contributed by atoms with van der Waals surface area (Å²) in [5.41, 5.74) is 2.34. The van der Waals surface area contributed by atoms with E-state index in [1.54, 1.807) is 31.4 Å². The topological polar surface area (TPSA) is 83.9 Å². The van der Waals surface area contributed by atoms with Gasteiger partial charge in [0, 0.05) is 19.4 Å². The SMILES string of the molecule is COc1ccc2c(c1)CCN(C(=O)CCC(=O)O)[C@H]2C(=O)Cc1ccc(C(C)(C)C)c(F)c1. The average Bonchev–Trinajstić information content (AvgIpc) is 2.75. The number of benzene rings is 2. The van der Waals surface area contributed by atoms with E-state index in [0.29, 0.717) is 35.4 Å². The normalized spacial score (nSPS) is 15.7. The summed E-state index contributed by atoms with van der Waals surface area (Å²) in [6.07, 6.45) is 0.00885. The van der Waals surface area contributed by atoms with Crippen LogP contribution in [0, 0.1) is 5.82 Å². The predicted molar refractivity (Wildman–Crippen MR) is 122 cm³/mol. The molecule has 1 atom stereocenters. The Balaban J connectivity index is 1.92. The fraction of sp³-hybridized carbons (Fsp3) is 0.423. The van der Waals surface area contributed by atoms with Crippen LogP contribution in [0.15, 0.2) is 36.4 Å². The molecule has 0 aliphatic carbocycles. The van der Waals surface area contributed by atoms with E-state index in [9.17, 15) is 18.8 Å². The molecule has 0 spiro atoms. The molecular formula is C26H30FNO5. The number of ether oxygens (including phenoxy) is 1. The van der Waals surface area contributed by atoms with E-state index < -0.39 is 12.0 Å². The zero-order valence-electron chi connectivity index (χ0n) is 19.5. The van der Waals surface area contributed by atoms with Crippen molar-refractivity contribution in [3.05, 3.63) is 64.5 Å². The van der Waals surface area contributed by atoms with Gasteiger partial charge in [0.15, 0.2) is 5.78 Å². The minimum Gasteiger partial charge on any atom is -0.497 e. The summed E-state index contributed by atoms with van der Waals surface area (Å²) < 4.78 is 20.0. The second-order valence-electron chi connectivity index (χ2n) is 9.41. The number of hydrogen-bond donors (Lipinski definition) is 1. The van der Waals surface area contributed by atoms with Crippen LogP contribution in [0.5, 0.6) is 5.75 Å². The molecule has 1 amide bonds. The molecule has 1 N–H and O–H groups in total. The van der Waals surface area contributed by atoms with Gasteiger partial charge in [-0.05, 0) is 52.3 Å². The lowest BCUT2D eigenvalue weighted by Crippen LogP contribution is -2.44. The lowest BCUT2D eigenvalue weighted by Gasteiger charge is -2.37. The number of carboxylic acid groups (broad SMARTS) is 1. The maximum Gasteiger partial charge on any atom is 0.303 e. The third kappa shape index (κ3) is 5.59. The van der Waals surface area contributed by atoms with E-state index in [-0.39, 0.29) is 42.2 Å². The molecule has 2 aromatic carbocycles. The fourth-order valence-electron chi connectivity index (χ4n) is 4.28. The van der Waals surface area contributed by atoms with Crippen LogP contribution >= 0.6 is 0 Å². The fourth-order valence-corrected chi connectivity index (χ4v) is 4.28. The maximum absolute atomic E-state index is 14.7. The molecular weight excluding hydrogens is 425 g/mol. The van der Waals surface area contributed by atoms with Crippen molar-refractivity contribution in [2.75, 3.05) is 13.7 Å². The van der Waals surface area contributed by atoms with Crippen LogP contribution in [-0.2, 0) is 32.6 Å². The Bertz CT molecular complexity index is 1070. The first-order valence-corrected chi connectivity index (χ1v) is 11.0. The van der Waals surface area contributed by atoms with Crippen molar-refractivity contribution < 1.29 is 28.6 Å².